The number of nitrogens with one attached hydrogen (secondary N) is 2. The van der Waals surface area contributed by atoms with Crippen molar-refractivity contribution in [3.05, 3.63) is 76.6 Å². The van der Waals surface area contributed by atoms with Gasteiger partial charge in [-0.05, 0) is 35.2 Å². The summed E-state index contributed by atoms with van der Waals surface area (Å²) in [6.45, 7) is 1.82. The number of hydrogen-bond acceptors (Lipinski definition) is 5. The van der Waals surface area contributed by atoms with Crippen LogP contribution in [-0.2, 0) is 9.59 Å². The number of para-hydroxylation sites is 1. The van der Waals surface area contributed by atoms with Crippen molar-refractivity contribution in [1.29, 1.82) is 0 Å². The minimum atomic E-state index is -0.400. The van der Waals surface area contributed by atoms with E-state index in [4.69, 9.17) is 9.47 Å². The molecule has 0 radical (unpaired) electrons. The van der Waals surface area contributed by atoms with Crippen LogP contribution in [0.25, 0.3) is 10.9 Å². The van der Waals surface area contributed by atoms with Crippen LogP contribution in [0, 0.1) is 5.92 Å². The van der Waals surface area contributed by atoms with Gasteiger partial charge in [0.2, 0.25) is 11.8 Å². The maximum atomic E-state index is 13.2. The number of hydrogen-bond donors (Lipinski definition) is 2. The van der Waals surface area contributed by atoms with E-state index in [1.54, 1.807) is 16.2 Å². The van der Waals surface area contributed by atoms with Gasteiger partial charge in [0, 0.05) is 59.2 Å². The maximum absolute atomic E-state index is 13.2. The number of aromatic nitrogens is 1. The Kier molecular flexibility index (Phi) is 5.66. The number of anilines is 1. The molecule has 8 heteroatoms. The van der Waals surface area contributed by atoms with Crippen LogP contribution in [0.1, 0.15) is 22.8 Å². The molecule has 2 amide bonds. The summed E-state index contributed by atoms with van der Waals surface area (Å²) in [5.41, 5.74) is 2.96. The van der Waals surface area contributed by atoms with Gasteiger partial charge >= 0.3 is 0 Å². The Morgan fingerprint density at radius 2 is 1.97 bits per heavy atom. The number of fused-ring (bicyclic) bond motifs is 2. The highest BCUT2D eigenvalue weighted by molar-refractivity contribution is 7.10. The number of aromatic amines is 1. The second kappa shape index (κ2) is 9.11. The molecular weight excluding hydrogens is 462 g/mol. The van der Waals surface area contributed by atoms with Crippen LogP contribution >= 0.6 is 11.3 Å². The van der Waals surface area contributed by atoms with Crippen molar-refractivity contribution in [1.82, 2.24) is 10.3 Å². The minimum absolute atomic E-state index is 0.0288. The van der Waals surface area contributed by atoms with Crippen molar-refractivity contribution in [2.45, 2.75) is 12.3 Å². The Morgan fingerprint density at radius 3 is 2.83 bits per heavy atom. The van der Waals surface area contributed by atoms with E-state index >= 15 is 0 Å². The first-order chi connectivity index (χ1) is 17.2. The van der Waals surface area contributed by atoms with Crippen LogP contribution in [0.2, 0.25) is 0 Å². The standard InChI is InChI=1S/C27H25N3O4S/c31-26-12-17(16-30(26)18-7-8-23-24(13-18)34-10-9-33-23)27(32)29-15-21(25-6-3-11-35-25)20-14-28-22-5-2-1-4-19(20)22/h1-8,11,13-14,17,21,28H,9-10,12,15-16H2,(H,29,32). The molecule has 4 heterocycles. The number of H-pyrrole nitrogens is 1. The number of thiophene rings is 1. The summed E-state index contributed by atoms with van der Waals surface area (Å²) in [6.07, 6.45) is 2.22. The van der Waals surface area contributed by atoms with E-state index in [2.05, 4.69) is 33.9 Å². The number of ether oxygens (including phenoxy) is 2. The molecule has 1 fully saturated rings. The lowest BCUT2D eigenvalue weighted by molar-refractivity contribution is -0.126. The van der Waals surface area contributed by atoms with Gasteiger partial charge in [0.1, 0.15) is 13.2 Å². The van der Waals surface area contributed by atoms with E-state index < -0.39 is 5.92 Å². The van der Waals surface area contributed by atoms with Crippen molar-refractivity contribution in [3.8, 4) is 11.5 Å². The van der Waals surface area contributed by atoms with E-state index in [0.717, 1.165) is 22.2 Å². The van der Waals surface area contributed by atoms with Gasteiger partial charge in [-0.2, -0.15) is 0 Å². The average Bonchev–Trinajstić information content (AvgIpc) is 3.65. The van der Waals surface area contributed by atoms with Gasteiger partial charge in [-0.15, -0.1) is 11.3 Å². The van der Waals surface area contributed by atoms with Crippen LogP contribution in [0.3, 0.4) is 0 Å². The number of rotatable bonds is 6. The van der Waals surface area contributed by atoms with Crippen molar-refractivity contribution in [2.24, 2.45) is 5.92 Å². The van der Waals surface area contributed by atoms with Gasteiger partial charge in [-0.25, -0.2) is 0 Å². The second-order valence-corrected chi connectivity index (χ2v) is 9.82. The molecular formula is C27H25N3O4S. The van der Waals surface area contributed by atoms with Crippen LogP contribution in [0.15, 0.2) is 66.2 Å². The molecule has 0 saturated carbocycles. The lowest BCUT2D eigenvalue weighted by atomic mass is 9.96. The van der Waals surface area contributed by atoms with E-state index in [-0.39, 0.29) is 24.2 Å². The Hall–Kier alpha value is -3.78. The zero-order valence-electron chi connectivity index (χ0n) is 19.0. The Bertz CT molecular complexity index is 1380. The zero-order valence-corrected chi connectivity index (χ0v) is 19.8. The molecule has 2 aromatic heterocycles. The van der Waals surface area contributed by atoms with E-state index in [1.165, 1.54) is 4.88 Å². The Morgan fingerprint density at radius 1 is 1.11 bits per heavy atom. The summed E-state index contributed by atoms with van der Waals surface area (Å²) in [4.78, 5) is 32.2. The number of benzene rings is 2. The Balaban J connectivity index is 1.17. The average molecular weight is 488 g/mol. The molecule has 2 aliphatic heterocycles. The van der Waals surface area contributed by atoms with Gasteiger partial charge in [0.05, 0.1) is 5.92 Å². The lowest BCUT2D eigenvalue weighted by Crippen LogP contribution is -2.35. The molecule has 35 heavy (non-hydrogen) atoms. The third-order valence-corrected chi connectivity index (χ3v) is 7.68. The summed E-state index contributed by atoms with van der Waals surface area (Å²) in [7, 11) is 0. The largest absolute Gasteiger partial charge is 0.486 e. The van der Waals surface area contributed by atoms with Crippen molar-refractivity contribution in [2.75, 3.05) is 31.2 Å². The quantitative estimate of drug-likeness (QED) is 0.425. The first-order valence-electron chi connectivity index (χ1n) is 11.7. The fourth-order valence-corrected chi connectivity index (χ4v) is 5.76. The molecule has 0 aliphatic carbocycles. The van der Waals surface area contributed by atoms with Crippen molar-refractivity contribution < 1.29 is 19.1 Å². The second-order valence-electron chi connectivity index (χ2n) is 8.84. The normalized spacial score (nSPS) is 18.1. The van der Waals surface area contributed by atoms with Crippen molar-refractivity contribution in [3.63, 3.8) is 0 Å². The number of amides is 2. The molecule has 2 unspecified atom stereocenters. The van der Waals surface area contributed by atoms with Crippen LogP contribution in [0.4, 0.5) is 5.69 Å². The maximum Gasteiger partial charge on any atom is 0.227 e. The lowest BCUT2D eigenvalue weighted by Gasteiger charge is -2.22. The molecule has 6 rings (SSSR count). The molecule has 2 aliphatic rings. The fraction of sp³-hybridized carbons (Fsp3) is 0.259. The topological polar surface area (TPSA) is 83.7 Å². The van der Waals surface area contributed by atoms with Crippen LogP contribution < -0.4 is 19.7 Å². The predicted molar refractivity (Wildman–Crippen MR) is 135 cm³/mol. The van der Waals surface area contributed by atoms with Gasteiger partial charge in [0.15, 0.2) is 11.5 Å². The first kappa shape index (κ1) is 21.7. The third kappa shape index (κ3) is 4.14. The number of carbonyl (C=O) groups is 2. The summed E-state index contributed by atoms with van der Waals surface area (Å²) in [5.74, 6) is 0.779. The third-order valence-electron chi connectivity index (χ3n) is 6.70. The summed E-state index contributed by atoms with van der Waals surface area (Å²) in [5, 5.41) is 6.35. The molecule has 2 aromatic carbocycles. The fourth-order valence-electron chi connectivity index (χ4n) is 4.92. The van der Waals surface area contributed by atoms with Gasteiger partial charge < -0.3 is 24.7 Å². The molecule has 178 valence electrons. The van der Waals surface area contributed by atoms with E-state index in [0.29, 0.717) is 37.8 Å². The predicted octanol–water partition coefficient (Wildman–Crippen LogP) is 4.30. The van der Waals surface area contributed by atoms with Crippen LogP contribution in [-0.4, -0.2) is 43.1 Å². The molecule has 7 nitrogen and oxygen atoms in total. The molecule has 0 spiro atoms. The Labute approximate surface area is 206 Å². The molecule has 4 aromatic rings. The van der Waals surface area contributed by atoms with Gasteiger partial charge in [0.25, 0.3) is 0 Å². The highest BCUT2D eigenvalue weighted by atomic mass is 32.1. The SMILES string of the molecule is O=C(NCC(c1cccs1)c1c[nH]c2ccccc12)C1CC(=O)N(c2ccc3c(c2)OCCO3)C1. The number of nitrogens with zero attached hydrogens (tertiary/aromatic N) is 1. The van der Waals surface area contributed by atoms with Crippen molar-refractivity contribution >= 4 is 39.7 Å². The smallest absolute Gasteiger partial charge is 0.227 e. The zero-order chi connectivity index (χ0) is 23.8. The van der Waals surface area contributed by atoms with Gasteiger partial charge in [-0.3, -0.25) is 9.59 Å². The monoisotopic (exact) mass is 487 g/mol. The molecule has 0 bridgehead atoms. The summed E-state index contributed by atoms with van der Waals surface area (Å²) >= 11 is 1.68. The molecule has 1 saturated heterocycles. The van der Waals surface area contributed by atoms with Crippen LogP contribution in [0.5, 0.6) is 11.5 Å². The number of carbonyl (C=O) groups excluding carboxylic acids is 2. The summed E-state index contributed by atoms with van der Waals surface area (Å²) < 4.78 is 11.2. The minimum Gasteiger partial charge on any atom is -0.486 e. The highest BCUT2D eigenvalue weighted by Crippen LogP contribution is 2.36. The van der Waals surface area contributed by atoms with E-state index in [1.807, 2.05) is 42.6 Å². The summed E-state index contributed by atoms with van der Waals surface area (Å²) in [6, 6.07) is 17.8. The molecule has 2 atom stereocenters. The molecule has 2 N–H and O–H groups in total. The first-order valence-corrected chi connectivity index (χ1v) is 12.6. The van der Waals surface area contributed by atoms with Gasteiger partial charge in [-0.1, -0.05) is 24.3 Å². The highest BCUT2D eigenvalue weighted by Gasteiger charge is 2.36. The van der Waals surface area contributed by atoms with E-state index in [9.17, 15) is 9.59 Å².